The molecule has 0 aromatic heterocycles. The Hall–Kier alpha value is -1.01. The van der Waals surface area contributed by atoms with E-state index in [1.165, 1.54) is 23.1 Å². The lowest BCUT2D eigenvalue weighted by Gasteiger charge is -2.25. The number of aliphatic imine (C=N–C) groups is 1. The standard InChI is InChI=1S/C10H12N2O2S2/c1-7-5-4-6-8-9(7)11-10(15-3)12(2)16(8,13)14/h4-6H,1-3H3. The van der Waals surface area contributed by atoms with Crippen LogP contribution >= 0.6 is 11.8 Å². The zero-order chi connectivity index (χ0) is 11.9. The molecule has 16 heavy (non-hydrogen) atoms. The molecule has 0 aliphatic carbocycles. The summed E-state index contributed by atoms with van der Waals surface area (Å²) in [6, 6.07) is 5.19. The van der Waals surface area contributed by atoms with Gasteiger partial charge in [-0.1, -0.05) is 23.9 Å². The third kappa shape index (κ3) is 1.53. The fraction of sp³-hybridized carbons (Fsp3) is 0.300. The highest BCUT2D eigenvalue weighted by atomic mass is 32.2. The Morgan fingerprint density at radius 3 is 2.69 bits per heavy atom. The van der Waals surface area contributed by atoms with Gasteiger partial charge in [0.1, 0.15) is 4.90 Å². The van der Waals surface area contributed by atoms with Crippen LogP contribution in [0.1, 0.15) is 5.56 Å². The molecule has 0 bridgehead atoms. The fourth-order valence-corrected chi connectivity index (χ4v) is 3.77. The first-order valence-electron chi connectivity index (χ1n) is 4.69. The number of thioether (sulfide) groups is 1. The van der Waals surface area contributed by atoms with Crippen molar-refractivity contribution in [2.24, 2.45) is 4.99 Å². The zero-order valence-corrected chi connectivity index (χ0v) is 10.9. The molecule has 0 atom stereocenters. The van der Waals surface area contributed by atoms with E-state index in [4.69, 9.17) is 0 Å². The summed E-state index contributed by atoms with van der Waals surface area (Å²) in [5, 5.41) is 0.502. The van der Waals surface area contributed by atoms with Crippen molar-refractivity contribution in [3.05, 3.63) is 23.8 Å². The lowest BCUT2D eigenvalue weighted by Crippen LogP contribution is -2.33. The van der Waals surface area contributed by atoms with Crippen molar-refractivity contribution in [2.75, 3.05) is 13.3 Å². The van der Waals surface area contributed by atoms with Crippen LogP contribution < -0.4 is 0 Å². The van der Waals surface area contributed by atoms with Gasteiger partial charge in [-0.3, -0.25) is 0 Å². The average molecular weight is 256 g/mol. The van der Waals surface area contributed by atoms with E-state index >= 15 is 0 Å². The predicted octanol–water partition coefficient (Wildman–Crippen LogP) is 1.98. The molecule has 2 rings (SSSR count). The monoisotopic (exact) mass is 256 g/mol. The van der Waals surface area contributed by atoms with Crippen molar-refractivity contribution in [3.8, 4) is 0 Å². The summed E-state index contributed by atoms with van der Waals surface area (Å²) >= 11 is 1.33. The molecule has 1 aromatic rings. The molecule has 0 unspecified atom stereocenters. The van der Waals surface area contributed by atoms with Gasteiger partial charge in [-0.2, -0.15) is 0 Å². The highest BCUT2D eigenvalue weighted by Gasteiger charge is 2.31. The molecule has 6 heteroatoms. The minimum absolute atomic E-state index is 0.285. The van der Waals surface area contributed by atoms with Gasteiger partial charge in [-0.15, -0.1) is 0 Å². The summed E-state index contributed by atoms with van der Waals surface area (Å²) in [4.78, 5) is 4.65. The van der Waals surface area contributed by atoms with Crippen LogP contribution in [0, 0.1) is 6.92 Å². The minimum Gasteiger partial charge on any atom is -0.247 e. The average Bonchev–Trinajstić information content (AvgIpc) is 2.25. The molecule has 0 radical (unpaired) electrons. The number of sulfonamides is 1. The number of fused-ring (bicyclic) bond motifs is 1. The van der Waals surface area contributed by atoms with E-state index in [1.54, 1.807) is 12.1 Å². The Morgan fingerprint density at radius 2 is 2.06 bits per heavy atom. The van der Waals surface area contributed by atoms with Crippen LogP contribution in [-0.2, 0) is 10.0 Å². The lowest BCUT2D eigenvalue weighted by atomic mass is 10.2. The van der Waals surface area contributed by atoms with E-state index in [1.807, 2.05) is 19.2 Å². The Bertz CT molecular complexity index is 564. The number of hydrogen-bond acceptors (Lipinski definition) is 4. The van der Waals surface area contributed by atoms with Crippen molar-refractivity contribution in [3.63, 3.8) is 0 Å². The first-order valence-corrected chi connectivity index (χ1v) is 7.36. The third-order valence-corrected chi connectivity index (χ3v) is 5.12. The van der Waals surface area contributed by atoms with Crippen LogP contribution in [-0.4, -0.2) is 31.2 Å². The number of aryl methyl sites for hydroxylation is 1. The van der Waals surface area contributed by atoms with E-state index in [2.05, 4.69) is 4.99 Å². The Balaban J connectivity index is 2.79. The Kier molecular flexibility index (Phi) is 2.71. The van der Waals surface area contributed by atoms with Gasteiger partial charge in [0.2, 0.25) is 0 Å². The molecule has 1 aromatic carbocycles. The topological polar surface area (TPSA) is 49.7 Å². The Labute approximate surface area is 99.4 Å². The van der Waals surface area contributed by atoms with Gasteiger partial charge >= 0.3 is 0 Å². The van der Waals surface area contributed by atoms with E-state index in [-0.39, 0.29) is 4.90 Å². The van der Waals surface area contributed by atoms with E-state index < -0.39 is 10.0 Å². The molecule has 0 spiro atoms. The van der Waals surface area contributed by atoms with Crippen molar-refractivity contribution < 1.29 is 8.42 Å². The predicted molar refractivity (Wildman–Crippen MR) is 66.7 cm³/mol. The summed E-state index contributed by atoms with van der Waals surface area (Å²) < 4.78 is 25.5. The number of benzene rings is 1. The summed E-state index contributed by atoms with van der Waals surface area (Å²) in [6.45, 7) is 1.86. The van der Waals surface area contributed by atoms with Gasteiger partial charge in [0.05, 0.1) is 5.69 Å². The molecular formula is C10H12N2O2S2. The molecule has 4 nitrogen and oxygen atoms in total. The molecular weight excluding hydrogens is 244 g/mol. The zero-order valence-electron chi connectivity index (χ0n) is 9.26. The van der Waals surface area contributed by atoms with Gasteiger partial charge < -0.3 is 0 Å². The molecule has 0 fully saturated rings. The molecule has 0 saturated heterocycles. The molecule has 0 saturated carbocycles. The first-order chi connectivity index (χ1) is 7.48. The summed E-state index contributed by atoms with van der Waals surface area (Å²) in [5.74, 6) is 0. The van der Waals surface area contributed by atoms with Crippen LogP contribution in [0.3, 0.4) is 0 Å². The smallest absolute Gasteiger partial charge is 0.247 e. The molecule has 1 heterocycles. The van der Waals surface area contributed by atoms with Crippen molar-refractivity contribution in [1.82, 2.24) is 4.31 Å². The molecule has 1 aliphatic rings. The maximum absolute atomic E-state index is 12.2. The normalized spacial score (nSPS) is 17.9. The quantitative estimate of drug-likeness (QED) is 0.713. The molecule has 0 N–H and O–H groups in total. The maximum atomic E-state index is 12.2. The third-order valence-electron chi connectivity index (χ3n) is 2.50. The largest absolute Gasteiger partial charge is 0.267 e. The fourth-order valence-electron chi connectivity index (χ4n) is 1.57. The van der Waals surface area contributed by atoms with Gasteiger partial charge in [0, 0.05) is 7.05 Å². The number of hydrogen-bond donors (Lipinski definition) is 0. The molecule has 1 aliphatic heterocycles. The summed E-state index contributed by atoms with van der Waals surface area (Å²) in [7, 11) is -1.90. The molecule has 86 valence electrons. The lowest BCUT2D eigenvalue weighted by molar-refractivity contribution is 0.552. The van der Waals surface area contributed by atoms with Gasteiger partial charge in [-0.05, 0) is 24.8 Å². The second-order valence-corrected chi connectivity index (χ2v) is 6.20. The van der Waals surface area contributed by atoms with E-state index in [9.17, 15) is 8.42 Å². The number of rotatable bonds is 0. The van der Waals surface area contributed by atoms with Crippen molar-refractivity contribution >= 4 is 32.6 Å². The number of amidine groups is 1. The summed E-state index contributed by atoms with van der Waals surface area (Å²) in [5.41, 5.74) is 1.44. The van der Waals surface area contributed by atoms with Crippen LogP contribution in [0.2, 0.25) is 0 Å². The number of para-hydroxylation sites is 1. The van der Waals surface area contributed by atoms with E-state index in [0.717, 1.165) is 5.56 Å². The van der Waals surface area contributed by atoms with Crippen LogP contribution in [0.25, 0.3) is 0 Å². The highest BCUT2D eigenvalue weighted by molar-refractivity contribution is 8.14. The van der Waals surface area contributed by atoms with Crippen molar-refractivity contribution in [2.45, 2.75) is 11.8 Å². The van der Waals surface area contributed by atoms with Gasteiger partial charge in [0.15, 0.2) is 5.17 Å². The van der Waals surface area contributed by atoms with Gasteiger partial charge in [0.25, 0.3) is 10.0 Å². The minimum atomic E-state index is -3.42. The first kappa shape index (κ1) is 11.5. The second kappa shape index (κ2) is 3.78. The number of nitrogens with zero attached hydrogens (tertiary/aromatic N) is 2. The van der Waals surface area contributed by atoms with Crippen LogP contribution in [0.4, 0.5) is 5.69 Å². The van der Waals surface area contributed by atoms with Crippen molar-refractivity contribution in [1.29, 1.82) is 0 Å². The SMILES string of the molecule is CSC1=Nc2c(C)cccc2S(=O)(=O)N1C. The van der Waals surface area contributed by atoms with E-state index in [0.29, 0.717) is 10.9 Å². The second-order valence-electron chi connectivity index (χ2n) is 3.49. The van der Waals surface area contributed by atoms with Crippen LogP contribution in [0.15, 0.2) is 28.1 Å². The molecule has 0 amide bonds. The van der Waals surface area contributed by atoms with Gasteiger partial charge in [-0.25, -0.2) is 17.7 Å². The maximum Gasteiger partial charge on any atom is 0.267 e. The van der Waals surface area contributed by atoms with Crippen LogP contribution in [0.5, 0.6) is 0 Å². The highest BCUT2D eigenvalue weighted by Crippen LogP contribution is 2.35. The summed E-state index contributed by atoms with van der Waals surface area (Å²) in [6.07, 6.45) is 1.81. The Morgan fingerprint density at radius 1 is 1.38 bits per heavy atom.